The first-order valence-electron chi connectivity index (χ1n) is 4.65. The van der Waals surface area contributed by atoms with Gasteiger partial charge in [-0.3, -0.25) is 9.59 Å². The molecular formula is C11H12ClNO3. The summed E-state index contributed by atoms with van der Waals surface area (Å²) < 4.78 is 4.41. The Morgan fingerprint density at radius 3 is 2.75 bits per heavy atom. The molecule has 1 aromatic carbocycles. The van der Waals surface area contributed by atoms with Crippen molar-refractivity contribution in [3.05, 3.63) is 34.3 Å². The van der Waals surface area contributed by atoms with Crippen molar-refractivity contribution >= 4 is 23.5 Å². The predicted molar refractivity (Wildman–Crippen MR) is 60.5 cm³/mol. The van der Waals surface area contributed by atoms with E-state index in [-0.39, 0.29) is 12.5 Å². The third kappa shape index (κ3) is 3.24. The number of rotatable bonds is 3. The van der Waals surface area contributed by atoms with Gasteiger partial charge in [-0.1, -0.05) is 17.7 Å². The van der Waals surface area contributed by atoms with Gasteiger partial charge in [-0.2, -0.15) is 0 Å². The van der Waals surface area contributed by atoms with Crippen molar-refractivity contribution in [2.45, 2.75) is 6.92 Å². The summed E-state index contributed by atoms with van der Waals surface area (Å²) in [6.07, 6.45) is 0. The molecule has 0 aromatic heterocycles. The summed E-state index contributed by atoms with van der Waals surface area (Å²) in [4.78, 5) is 22.5. The van der Waals surface area contributed by atoms with Gasteiger partial charge in [-0.25, -0.2) is 0 Å². The molecule has 0 saturated carbocycles. The molecule has 0 heterocycles. The van der Waals surface area contributed by atoms with Crippen LogP contribution >= 0.6 is 11.6 Å². The van der Waals surface area contributed by atoms with Gasteiger partial charge in [0.25, 0.3) is 5.91 Å². The highest BCUT2D eigenvalue weighted by Gasteiger charge is 2.10. The summed E-state index contributed by atoms with van der Waals surface area (Å²) in [5.74, 6) is -0.835. The second kappa shape index (κ2) is 5.51. The maximum absolute atomic E-state index is 11.7. The molecule has 0 fully saturated rings. The molecule has 0 bridgehead atoms. The number of amides is 1. The van der Waals surface area contributed by atoms with Crippen LogP contribution in [0.3, 0.4) is 0 Å². The smallest absolute Gasteiger partial charge is 0.325 e. The third-order valence-electron chi connectivity index (χ3n) is 2.07. The van der Waals surface area contributed by atoms with Crippen LogP contribution in [0, 0.1) is 6.92 Å². The lowest BCUT2D eigenvalue weighted by molar-refractivity contribution is -0.139. The van der Waals surface area contributed by atoms with Crippen LogP contribution in [0.5, 0.6) is 0 Å². The number of aryl methyl sites for hydroxylation is 1. The van der Waals surface area contributed by atoms with Crippen molar-refractivity contribution in [1.29, 1.82) is 0 Å². The van der Waals surface area contributed by atoms with Crippen LogP contribution in [-0.2, 0) is 9.53 Å². The zero-order valence-corrected chi connectivity index (χ0v) is 9.80. The molecule has 0 atom stereocenters. The van der Waals surface area contributed by atoms with Gasteiger partial charge in [0, 0.05) is 10.6 Å². The van der Waals surface area contributed by atoms with Crippen LogP contribution in [0.15, 0.2) is 18.2 Å². The Hall–Kier alpha value is -1.55. The van der Waals surface area contributed by atoms with E-state index in [1.54, 1.807) is 25.1 Å². The molecular weight excluding hydrogens is 230 g/mol. The molecule has 1 N–H and O–H groups in total. The number of carbonyl (C=O) groups is 2. The number of nitrogens with one attached hydrogen (secondary N) is 1. The van der Waals surface area contributed by atoms with E-state index in [9.17, 15) is 9.59 Å². The number of halogens is 1. The zero-order chi connectivity index (χ0) is 12.1. The topological polar surface area (TPSA) is 55.4 Å². The SMILES string of the molecule is COC(=O)CNC(=O)c1cc(Cl)ccc1C. The highest BCUT2D eigenvalue weighted by Crippen LogP contribution is 2.15. The monoisotopic (exact) mass is 241 g/mol. The van der Waals surface area contributed by atoms with Gasteiger partial charge in [0.2, 0.25) is 0 Å². The largest absolute Gasteiger partial charge is 0.468 e. The maximum Gasteiger partial charge on any atom is 0.325 e. The van der Waals surface area contributed by atoms with Gasteiger partial charge in [0.1, 0.15) is 6.54 Å². The minimum atomic E-state index is -0.493. The Balaban J connectivity index is 2.73. The average Bonchev–Trinajstić information content (AvgIpc) is 2.28. The lowest BCUT2D eigenvalue weighted by Crippen LogP contribution is -2.30. The molecule has 0 aliphatic rings. The molecule has 0 saturated heterocycles. The van der Waals surface area contributed by atoms with Crippen LogP contribution < -0.4 is 5.32 Å². The predicted octanol–water partition coefficient (Wildman–Crippen LogP) is 1.55. The maximum atomic E-state index is 11.7. The van der Waals surface area contributed by atoms with E-state index in [2.05, 4.69) is 10.1 Å². The number of carbonyl (C=O) groups excluding carboxylic acids is 2. The fourth-order valence-corrected chi connectivity index (χ4v) is 1.33. The van der Waals surface area contributed by atoms with Crippen LogP contribution in [0.4, 0.5) is 0 Å². The number of ether oxygens (including phenoxy) is 1. The van der Waals surface area contributed by atoms with Crippen LogP contribution in [0.1, 0.15) is 15.9 Å². The minimum absolute atomic E-state index is 0.152. The minimum Gasteiger partial charge on any atom is -0.468 e. The van der Waals surface area contributed by atoms with Crippen LogP contribution in [0.25, 0.3) is 0 Å². The second-order valence-electron chi connectivity index (χ2n) is 3.22. The second-order valence-corrected chi connectivity index (χ2v) is 3.65. The molecule has 5 heteroatoms. The van der Waals surface area contributed by atoms with Crippen molar-refractivity contribution in [2.75, 3.05) is 13.7 Å². The zero-order valence-electron chi connectivity index (χ0n) is 9.04. The third-order valence-corrected chi connectivity index (χ3v) is 2.30. The summed E-state index contributed by atoms with van der Waals surface area (Å²) in [5.41, 5.74) is 1.25. The summed E-state index contributed by atoms with van der Waals surface area (Å²) in [5, 5.41) is 2.93. The van der Waals surface area contributed by atoms with E-state index in [1.807, 2.05) is 0 Å². The lowest BCUT2D eigenvalue weighted by atomic mass is 10.1. The number of hydrogen-bond acceptors (Lipinski definition) is 3. The van der Waals surface area contributed by atoms with Crippen molar-refractivity contribution < 1.29 is 14.3 Å². The van der Waals surface area contributed by atoms with Crippen LogP contribution in [0.2, 0.25) is 5.02 Å². The van der Waals surface area contributed by atoms with Crippen molar-refractivity contribution in [3.8, 4) is 0 Å². The first-order valence-corrected chi connectivity index (χ1v) is 5.03. The normalized spacial score (nSPS) is 9.69. The molecule has 1 amide bonds. The molecule has 1 rings (SSSR count). The summed E-state index contributed by atoms with van der Waals surface area (Å²) >= 11 is 5.78. The highest BCUT2D eigenvalue weighted by atomic mass is 35.5. The van der Waals surface area contributed by atoms with Gasteiger partial charge in [-0.15, -0.1) is 0 Å². The molecule has 4 nitrogen and oxygen atoms in total. The molecule has 0 unspecified atom stereocenters. The van der Waals surface area contributed by atoms with Gasteiger partial charge < -0.3 is 10.1 Å². The molecule has 86 valence electrons. The summed E-state index contributed by atoms with van der Waals surface area (Å²) in [7, 11) is 1.26. The molecule has 0 aliphatic heterocycles. The Kier molecular flexibility index (Phi) is 4.31. The Labute approximate surface area is 98.5 Å². The molecule has 1 aromatic rings. The van der Waals surface area contributed by atoms with E-state index >= 15 is 0 Å². The van der Waals surface area contributed by atoms with Gasteiger partial charge in [-0.05, 0) is 24.6 Å². The van der Waals surface area contributed by atoms with Gasteiger partial charge >= 0.3 is 5.97 Å². The molecule has 16 heavy (non-hydrogen) atoms. The van der Waals surface area contributed by atoms with Crippen molar-refractivity contribution in [2.24, 2.45) is 0 Å². The van der Waals surface area contributed by atoms with Crippen LogP contribution in [-0.4, -0.2) is 25.5 Å². The summed E-state index contributed by atoms with van der Waals surface area (Å²) in [6.45, 7) is 1.64. The number of esters is 1. The van der Waals surface area contributed by atoms with Crippen molar-refractivity contribution in [1.82, 2.24) is 5.32 Å². The molecule has 0 spiro atoms. The van der Waals surface area contributed by atoms with E-state index in [1.165, 1.54) is 7.11 Å². The number of hydrogen-bond donors (Lipinski definition) is 1. The fourth-order valence-electron chi connectivity index (χ4n) is 1.16. The number of methoxy groups -OCH3 is 1. The van der Waals surface area contributed by atoms with E-state index < -0.39 is 5.97 Å². The quantitative estimate of drug-likeness (QED) is 0.817. The lowest BCUT2D eigenvalue weighted by Gasteiger charge is -2.06. The Morgan fingerprint density at radius 2 is 2.12 bits per heavy atom. The summed E-state index contributed by atoms with van der Waals surface area (Å²) in [6, 6.07) is 5.01. The van der Waals surface area contributed by atoms with Gasteiger partial charge in [0.05, 0.1) is 7.11 Å². The molecule has 0 radical (unpaired) electrons. The van der Waals surface area contributed by atoms with E-state index in [4.69, 9.17) is 11.6 Å². The van der Waals surface area contributed by atoms with E-state index in [0.29, 0.717) is 10.6 Å². The first kappa shape index (κ1) is 12.5. The Morgan fingerprint density at radius 1 is 1.44 bits per heavy atom. The van der Waals surface area contributed by atoms with Crippen molar-refractivity contribution in [3.63, 3.8) is 0 Å². The standard InChI is InChI=1S/C11H12ClNO3/c1-7-3-4-8(12)5-9(7)11(15)13-6-10(14)16-2/h3-5H,6H2,1-2H3,(H,13,15). The first-order chi connectivity index (χ1) is 7.54. The fraction of sp³-hybridized carbons (Fsp3) is 0.273. The molecule has 0 aliphatic carbocycles. The average molecular weight is 242 g/mol. The van der Waals surface area contributed by atoms with Gasteiger partial charge in [0.15, 0.2) is 0 Å². The van der Waals surface area contributed by atoms with E-state index in [0.717, 1.165) is 5.56 Å². The highest BCUT2D eigenvalue weighted by molar-refractivity contribution is 6.31. The number of benzene rings is 1. The Bertz CT molecular complexity index is 418.